The third-order valence-corrected chi connectivity index (χ3v) is 3.22. The minimum absolute atomic E-state index is 0.0382. The van der Waals surface area contributed by atoms with Gasteiger partial charge in [-0.05, 0) is 30.6 Å². The van der Waals surface area contributed by atoms with Crippen LogP contribution in [0.2, 0.25) is 0 Å². The Balaban J connectivity index is 2.32. The van der Waals surface area contributed by atoms with Gasteiger partial charge in [0.1, 0.15) is 0 Å². The first-order valence-electron chi connectivity index (χ1n) is 4.81. The fourth-order valence-electron chi connectivity index (χ4n) is 1.61. The van der Waals surface area contributed by atoms with E-state index in [9.17, 15) is 5.11 Å². The summed E-state index contributed by atoms with van der Waals surface area (Å²) >= 11 is 0. The van der Waals surface area contributed by atoms with Crippen molar-refractivity contribution in [2.45, 2.75) is 46.1 Å². The summed E-state index contributed by atoms with van der Waals surface area (Å²) in [5, 5.41) is 9.81. The predicted octanol–water partition coefficient (Wildman–Crippen LogP) is 2.44. The maximum atomic E-state index is 9.81. The lowest BCUT2D eigenvalue weighted by Crippen LogP contribution is -2.34. The molecule has 0 bridgehead atoms. The van der Waals surface area contributed by atoms with Crippen molar-refractivity contribution in [3.8, 4) is 0 Å². The van der Waals surface area contributed by atoms with E-state index in [1.165, 1.54) is 19.3 Å². The van der Waals surface area contributed by atoms with E-state index in [1.54, 1.807) is 0 Å². The molecule has 0 amide bonds. The van der Waals surface area contributed by atoms with Gasteiger partial charge >= 0.3 is 0 Å². The standard InChI is InChI=1S/C10H20O/c1-7(2)8(3)10(11)9-5-4-6-9/h7-11H,4-6H2,1-3H3. The van der Waals surface area contributed by atoms with Crippen LogP contribution in [0.5, 0.6) is 0 Å². The van der Waals surface area contributed by atoms with Gasteiger partial charge < -0.3 is 5.11 Å². The number of rotatable bonds is 3. The van der Waals surface area contributed by atoms with Crippen molar-refractivity contribution in [2.24, 2.45) is 17.8 Å². The van der Waals surface area contributed by atoms with Crippen molar-refractivity contribution >= 4 is 0 Å². The van der Waals surface area contributed by atoms with E-state index in [1.807, 2.05) is 0 Å². The lowest BCUT2D eigenvalue weighted by Gasteiger charge is -2.35. The summed E-state index contributed by atoms with van der Waals surface area (Å²) in [5.74, 6) is 1.71. The Morgan fingerprint density at radius 3 is 2.00 bits per heavy atom. The molecular weight excluding hydrogens is 136 g/mol. The van der Waals surface area contributed by atoms with Gasteiger partial charge in [0.15, 0.2) is 0 Å². The molecular formula is C10H20O. The topological polar surface area (TPSA) is 20.2 Å². The van der Waals surface area contributed by atoms with Crippen molar-refractivity contribution in [2.75, 3.05) is 0 Å². The highest BCUT2D eigenvalue weighted by Crippen LogP contribution is 2.34. The predicted molar refractivity (Wildman–Crippen MR) is 47.3 cm³/mol. The molecule has 2 atom stereocenters. The minimum atomic E-state index is -0.0382. The smallest absolute Gasteiger partial charge is 0.0596 e. The Kier molecular flexibility index (Phi) is 2.94. The summed E-state index contributed by atoms with van der Waals surface area (Å²) < 4.78 is 0. The highest BCUT2D eigenvalue weighted by molar-refractivity contribution is 4.81. The van der Waals surface area contributed by atoms with Crippen LogP contribution in [-0.4, -0.2) is 11.2 Å². The summed E-state index contributed by atoms with van der Waals surface area (Å²) in [5.41, 5.74) is 0. The van der Waals surface area contributed by atoms with Crippen LogP contribution in [0.25, 0.3) is 0 Å². The molecule has 0 aromatic carbocycles. The molecule has 1 rings (SSSR count). The van der Waals surface area contributed by atoms with Gasteiger partial charge in [-0.25, -0.2) is 0 Å². The summed E-state index contributed by atoms with van der Waals surface area (Å²) in [6, 6.07) is 0. The Bertz CT molecular complexity index is 116. The first kappa shape index (κ1) is 9.05. The van der Waals surface area contributed by atoms with Gasteiger partial charge in [0.25, 0.3) is 0 Å². The zero-order valence-corrected chi connectivity index (χ0v) is 7.88. The molecule has 0 aliphatic heterocycles. The summed E-state index contributed by atoms with van der Waals surface area (Å²) in [4.78, 5) is 0. The second-order valence-corrected chi connectivity index (χ2v) is 4.28. The molecule has 0 aromatic heterocycles. The van der Waals surface area contributed by atoms with Gasteiger partial charge in [0.2, 0.25) is 0 Å². The fourth-order valence-corrected chi connectivity index (χ4v) is 1.61. The molecule has 1 aliphatic rings. The first-order chi connectivity index (χ1) is 5.13. The Morgan fingerprint density at radius 2 is 1.73 bits per heavy atom. The van der Waals surface area contributed by atoms with E-state index in [4.69, 9.17) is 0 Å². The van der Waals surface area contributed by atoms with Gasteiger partial charge in [-0.3, -0.25) is 0 Å². The zero-order valence-electron chi connectivity index (χ0n) is 7.88. The summed E-state index contributed by atoms with van der Waals surface area (Å²) in [6.07, 6.45) is 3.78. The van der Waals surface area contributed by atoms with Crippen LogP contribution in [0, 0.1) is 17.8 Å². The Hall–Kier alpha value is -0.0400. The largest absolute Gasteiger partial charge is 0.393 e. The molecule has 0 saturated heterocycles. The van der Waals surface area contributed by atoms with Crippen LogP contribution >= 0.6 is 0 Å². The van der Waals surface area contributed by atoms with Gasteiger partial charge in [-0.15, -0.1) is 0 Å². The molecule has 0 aromatic rings. The second kappa shape index (κ2) is 3.57. The summed E-state index contributed by atoms with van der Waals surface area (Å²) in [6.45, 7) is 6.53. The maximum absolute atomic E-state index is 9.81. The van der Waals surface area contributed by atoms with Crippen LogP contribution < -0.4 is 0 Å². The molecule has 1 saturated carbocycles. The van der Waals surface area contributed by atoms with Gasteiger partial charge in [0.05, 0.1) is 6.10 Å². The summed E-state index contributed by atoms with van der Waals surface area (Å²) in [7, 11) is 0. The van der Waals surface area contributed by atoms with E-state index in [-0.39, 0.29) is 6.10 Å². The molecule has 11 heavy (non-hydrogen) atoms. The van der Waals surface area contributed by atoms with E-state index in [0.29, 0.717) is 17.8 Å². The fraction of sp³-hybridized carbons (Fsp3) is 1.00. The van der Waals surface area contributed by atoms with E-state index < -0.39 is 0 Å². The van der Waals surface area contributed by atoms with Crippen LogP contribution in [0.3, 0.4) is 0 Å². The van der Waals surface area contributed by atoms with Gasteiger partial charge in [-0.2, -0.15) is 0 Å². The van der Waals surface area contributed by atoms with Crippen molar-refractivity contribution in [3.63, 3.8) is 0 Å². The second-order valence-electron chi connectivity index (χ2n) is 4.28. The van der Waals surface area contributed by atoms with Crippen LogP contribution in [0.15, 0.2) is 0 Å². The SMILES string of the molecule is CC(C)C(C)C(O)C1CCC1. The van der Waals surface area contributed by atoms with Crippen molar-refractivity contribution in [3.05, 3.63) is 0 Å². The van der Waals surface area contributed by atoms with Crippen LogP contribution in [-0.2, 0) is 0 Å². The third-order valence-electron chi connectivity index (χ3n) is 3.22. The Labute approximate surface area is 69.8 Å². The maximum Gasteiger partial charge on any atom is 0.0596 e. The minimum Gasteiger partial charge on any atom is -0.393 e. The third kappa shape index (κ3) is 1.96. The van der Waals surface area contributed by atoms with E-state index >= 15 is 0 Å². The van der Waals surface area contributed by atoms with Crippen molar-refractivity contribution < 1.29 is 5.11 Å². The van der Waals surface area contributed by atoms with E-state index in [0.717, 1.165) is 0 Å². The number of hydrogen-bond acceptors (Lipinski definition) is 1. The molecule has 1 N–H and O–H groups in total. The number of hydrogen-bond donors (Lipinski definition) is 1. The quantitative estimate of drug-likeness (QED) is 0.665. The van der Waals surface area contributed by atoms with Gasteiger partial charge in [-0.1, -0.05) is 27.2 Å². The molecule has 0 radical (unpaired) electrons. The lowest BCUT2D eigenvalue weighted by atomic mass is 9.74. The lowest BCUT2D eigenvalue weighted by molar-refractivity contribution is 0.00543. The normalized spacial score (nSPS) is 24.8. The zero-order chi connectivity index (χ0) is 8.43. The van der Waals surface area contributed by atoms with Crippen molar-refractivity contribution in [1.29, 1.82) is 0 Å². The molecule has 66 valence electrons. The van der Waals surface area contributed by atoms with Gasteiger partial charge in [0, 0.05) is 0 Å². The molecule has 1 nitrogen and oxygen atoms in total. The monoisotopic (exact) mass is 156 g/mol. The first-order valence-corrected chi connectivity index (χ1v) is 4.81. The molecule has 1 fully saturated rings. The molecule has 0 heterocycles. The Morgan fingerprint density at radius 1 is 1.18 bits per heavy atom. The van der Waals surface area contributed by atoms with Crippen molar-refractivity contribution in [1.82, 2.24) is 0 Å². The van der Waals surface area contributed by atoms with E-state index in [2.05, 4.69) is 20.8 Å². The highest BCUT2D eigenvalue weighted by atomic mass is 16.3. The average Bonchev–Trinajstić information content (AvgIpc) is 1.82. The van der Waals surface area contributed by atoms with Crippen LogP contribution in [0.1, 0.15) is 40.0 Å². The highest BCUT2D eigenvalue weighted by Gasteiger charge is 2.30. The van der Waals surface area contributed by atoms with Crippen LogP contribution in [0.4, 0.5) is 0 Å². The molecule has 1 heteroatoms. The number of aliphatic hydroxyl groups is 1. The molecule has 2 unspecified atom stereocenters. The average molecular weight is 156 g/mol. The molecule has 1 aliphatic carbocycles. The number of aliphatic hydroxyl groups excluding tert-OH is 1. The molecule has 0 spiro atoms.